The average molecular weight is 921 g/mol. The molecular weight excluding hydrogens is 877 g/mol. The Hall–Kier alpha value is -9.12. The number of anilines is 6. The van der Waals surface area contributed by atoms with Crippen molar-refractivity contribution in [2.24, 2.45) is 0 Å². The number of para-hydroxylation sites is 4. The maximum atomic E-state index is 7.21. The number of hydrogen-bond donors (Lipinski definition) is 0. The van der Waals surface area contributed by atoms with E-state index in [0.717, 1.165) is 111 Å². The van der Waals surface area contributed by atoms with Crippen LogP contribution >= 0.6 is 0 Å². The fourth-order valence-corrected chi connectivity index (χ4v) is 12.8. The van der Waals surface area contributed by atoms with Crippen LogP contribution in [0.2, 0.25) is 0 Å². The largest absolute Gasteiger partial charge is 0.453 e. The standard InChI is InChI=1S/C68H44N2O2/c1-37-25-27-41-35-59(37)69(57-23-11-21-53-51-19-9-17-49(65(51)71-67(53)57)47-15-7-5-13-45(41)47)61-33-39(3)43-30-32-56-62(34-40(4)44-29-31-55(61)63(43)64(44)56)70-58-24-12-22-54-52-20-10-18-50(66(52)72-68(54)58)48-16-8-6-14-46(48)42-28-26-38(2)60(70)36-42/h5-36H,1-4H3. The lowest BCUT2D eigenvalue weighted by Gasteiger charge is -2.31. The van der Waals surface area contributed by atoms with Crippen molar-refractivity contribution in [3.8, 4) is 44.5 Å². The molecule has 2 aromatic heterocycles. The number of fused-ring (bicyclic) bond motifs is 12. The van der Waals surface area contributed by atoms with Crippen LogP contribution in [0, 0.1) is 27.7 Å². The molecule has 4 heterocycles. The molecule has 4 heteroatoms. The van der Waals surface area contributed by atoms with Gasteiger partial charge >= 0.3 is 0 Å². The zero-order chi connectivity index (χ0) is 47.7. The first kappa shape index (κ1) is 39.7. The van der Waals surface area contributed by atoms with Crippen LogP contribution in [-0.2, 0) is 0 Å². The fraction of sp³-hybridized carbons (Fsp3) is 0.0588. The highest BCUT2D eigenvalue weighted by atomic mass is 16.3. The molecule has 0 N–H and O–H groups in total. The van der Waals surface area contributed by atoms with Crippen LogP contribution in [0.5, 0.6) is 0 Å². The minimum Gasteiger partial charge on any atom is -0.453 e. The summed E-state index contributed by atoms with van der Waals surface area (Å²) in [6.45, 7) is 9.03. The monoisotopic (exact) mass is 920 g/mol. The highest BCUT2D eigenvalue weighted by molar-refractivity contribution is 6.30. The topological polar surface area (TPSA) is 32.8 Å². The van der Waals surface area contributed by atoms with Gasteiger partial charge in [0.1, 0.15) is 11.2 Å². The lowest BCUT2D eigenvalue weighted by molar-refractivity contribution is 0.670. The first-order valence-electron chi connectivity index (χ1n) is 25.0. The van der Waals surface area contributed by atoms with Gasteiger partial charge in [0.15, 0.2) is 11.2 Å². The lowest BCUT2D eigenvalue weighted by Crippen LogP contribution is -2.14. The predicted molar refractivity (Wildman–Crippen MR) is 302 cm³/mol. The van der Waals surface area contributed by atoms with Crippen molar-refractivity contribution in [1.82, 2.24) is 0 Å². The van der Waals surface area contributed by atoms with Crippen molar-refractivity contribution >= 4 is 110 Å². The second-order valence-electron chi connectivity index (χ2n) is 20.1. The Kier molecular flexibility index (Phi) is 7.85. The van der Waals surface area contributed by atoms with E-state index in [2.05, 4.69) is 232 Å². The minimum absolute atomic E-state index is 0.873. The van der Waals surface area contributed by atoms with E-state index in [9.17, 15) is 0 Å². The molecule has 0 unspecified atom stereocenters. The van der Waals surface area contributed by atoms with E-state index in [-0.39, 0.29) is 0 Å². The van der Waals surface area contributed by atoms with Gasteiger partial charge in [-0.1, -0.05) is 158 Å². The predicted octanol–water partition coefficient (Wildman–Crippen LogP) is 19.9. The molecule has 338 valence electrons. The summed E-state index contributed by atoms with van der Waals surface area (Å²) < 4.78 is 14.4. The first-order valence-corrected chi connectivity index (χ1v) is 25.0. The van der Waals surface area contributed by atoms with E-state index in [4.69, 9.17) is 8.83 Å². The lowest BCUT2D eigenvalue weighted by atomic mass is 9.87. The van der Waals surface area contributed by atoms with Gasteiger partial charge in [-0.15, -0.1) is 0 Å². The Morgan fingerprint density at radius 2 is 0.625 bits per heavy atom. The van der Waals surface area contributed by atoms with Crippen molar-refractivity contribution in [3.63, 3.8) is 0 Å². The third-order valence-electron chi connectivity index (χ3n) is 16.2. The highest BCUT2D eigenvalue weighted by Crippen LogP contribution is 2.54. The molecule has 14 aromatic rings. The molecular formula is C68H44N2O2. The molecule has 8 bridgehead atoms. The summed E-state index contributed by atoms with van der Waals surface area (Å²) in [6, 6.07) is 72.1. The van der Waals surface area contributed by atoms with Crippen LogP contribution < -0.4 is 9.80 Å². The van der Waals surface area contributed by atoms with E-state index in [1.54, 1.807) is 0 Å². The van der Waals surface area contributed by atoms with Gasteiger partial charge < -0.3 is 18.6 Å². The molecule has 0 radical (unpaired) electrons. The number of nitrogens with zero attached hydrogens (tertiary/aromatic N) is 2. The fourth-order valence-electron chi connectivity index (χ4n) is 12.8. The molecule has 0 amide bonds. The molecule has 0 atom stereocenters. The maximum Gasteiger partial charge on any atom is 0.159 e. The number of hydrogen-bond acceptors (Lipinski definition) is 4. The maximum absolute atomic E-state index is 7.21. The number of rotatable bonds is 2. The first-order chi connectivity index (χ1) is 35.4. The van der Waals surface area contributed by atoms with Crippen LogP contribution in [0.3, 0.4) is 0 Å². The second-order valence-corrected chi connectivity index (χ2v) is 20.1. The van der Waals surface area contributed by atoms with E-state index < -0.39 is 0 Å². The number of aryl methyl sites for hydroxylation is 4. The van der Waals surface area contributed by atoms with Gasteiger partial charge in [0, 0.05) is 54.8 Å². The van der Waals surface area contributed by atoms with Gasteiger partial charge in [0.25, 0.3) is 0 Å². The zero-order valence-electron chi connectivity index (χ0n) is 40.2. The third kappa shape index (κ3) is 5.20. The summed E-state index contributed by atoms with van der Waals surface area (Å²) in [6.07, 6.45) is 0. The summed E-state index contributed by atoms with van der Waals surface area (Å²) in [4.78, 5) is 4.97. The Labute approximate surface area is 415 Å². The van der Waals surface area contributed by atoms with E-state index in [1.807, 2.05) is 0 Å². The van der Waals surface area contributed by atoms with E-state index in [0.29, 0.717) is 0 Å². The van der Waals surface area contributed by atoms with E-state index >= 15 is 0 Å². The van der Waals surface area contributed by atoms with Crippen molar-refractivity contribution in [3.05, 3.63) is 216 Å². The van der Waals surface area contributed by atoms with Crippen molar-refractivity contribution in [2.75, 3.05) is 9.80 Å². The van der Waals surface area contributed by atoms with Crippen molar-refractivity contribution < 1.29 is 8.83 Å². The van der Waals surface area contributed by atoms with Gasteiger partial charge in [0.2, 0.25) is 0 Å². The summed E-state index contributed by atoms with van der Waals surface area (Å²) in [7, 11) is 0. The molecule has 2 aliphatic rings. The molecule has 0 saturated carbocycles. The molecule has 0 saturated heterocycles. The molecule has 12 aromatic carbocycles. The van der Waals surface area contributed by atoms with Crippen LogP contribution in [0.1, 0.15) is 22.3 Å². The quantitative estimate of drug-likeness (QED) is 0.162. The Morgan fingerprint density at radius 1 is 0.250 bits per heavy atom. The molecule has 4 nitrogen and oxygen atoms in total. The molecule has 16 rings (SSSR count). The summed E-state index contributed by atoms with van der Waals surface area (Å²) in [5.41, 5.74) is 24.0. The number of benzene rings is 12. The van der Waals surface area contributed by atoms with Crippen LogP contribution in [0.25, 0.3) is 121 Å². The average Bonchev–Trinajstić information content (AvgIpc) is 3.99. The molecule has 2 aliphatic heterocycles. The molecule has 0 spiro atoms. The summed E-state index contributed by atoms with van der Waals surface area (Å²) in [5.74, 6) is 0. The van der Waals surface area contributed by atoms with Crippen LogP contribution in [0.4, 0.5) is 34.1 Å². The smallest absolute Gasteiger partial charge is 0.159 e. The SMILES string of the molecule is Cc1ccc2cc1N(c1cc(C)c3ccc4c(N5c6cc(ccc6C)-c6ccccc6-c6cccc7c6oc6c5cccc67)cc(C)c5ccc1c3c54)c1cccc3c1oc1c(cccc13)-c1ccccc1-2. The van der Waals surface area contributed by atoms with Gasteiger partial charge in [-0.05, 0) is 141 Å². The number of furan rings is 2. The molecule has 0 aliphatic carbocycles. The highest BCUT2D eigenvalue weighted by Gasteiger charge is 2.30. The van der Waals surface area contributed by atoms with Gasteiger partial charge in [-0.25, -0.2) is 0 Å². The Bertz CT molecular complexity index is 4400. The van der Waals surface area contributed by atoms with Crippen LogP contribution in [-0.4, -0.2) is 0 Å². The molecule has 0 fully saturated rings. The normalized spacial score (nSPS) is 12.9. The summed E-state index contributed by atoms with van der Waals surface area (Å²) in [5, 5.41) is 11.8. The van der Waals surface area contributed by atoms with Crippen molar-refractivity contribution in [2.45, 2.75) is 27.7 Å². The minimum atomic E-state index is 0.873. The Balaban J connectivity index is 1.02. The van der Waals surface area contributed by atoms with Gasteiger partial charge in [-0.2, -0.15) is 0 Å². The third-order valence-corrected chi connectivity index (χ3v) is 16.2. The summed E-state index contributed by atoms with van der Waals surface area (Å²) >= 11 is 0. The zero-order valence-corrected chi connectivity index (χ0v) is 40.2. The van der Waals surface area contributed by atoms with Gasteiger partial charge in [-0.3, -0.25) is 0 Å². The Morgan fingerprint density at radius 3 is 1.07 bits per heavy atom. The van der Waals surface area contributed by atoms with E-state index in [1.165, 1.54) is 65.7 Å². The molecule has 72 heavy (non-hydrogen) atoms. The van der Waals surface area contributed by atoms with Crippen molar-refractivity contribution in [1.29, 1.82) is 0 Å². The van der Waals surface area contributed by atoms with Gasteiger partial charge in [0.05, 0.1) is 22.7 Å². The second kappa shape index (κ2) is 14.2. The van der Waals surface area contributed by atoms with Crippen LogP contribution in [0.15, 0.2) is 203 Å².